The summed E-state index contributed by atoms with van der Waals surface area (Å²) in [6, 6.07) is 9.18. The van der Waals surface area contributed by atoms with Crippen molar-refractivity contribution in [1.82, 2.24) is 0 Å². The molecule has 0 bridgehead atoms. The topological polar surface area (TPSA) is 104 Å². The molecular formula is C13H6Br2N4O. The lowest BCUT2D eigenvalue weighted by Crippen LogP contribution is -2.33. The second-order valence-electron chi connectivity index (χ2n) is 4.14. The molecular weight excluding hydrogens is 388 g/mol. The first-order valence-corrected chi connectivity index (χ1v) is 7.06. The highest BCUT2D eigenvalue weighted by Crippen LogP contribution is 2.46. The summed E-state index contributed by atoms with van der Waals surface area (Å²) in [5, 5.41) is 35.3. The van der Waals surface area contributed by atoms with E-state index in [2.05, 4.69) is 31.9 Å². The quantitative estimate of drug-likeness (QED) is 0.788. The first-order chi connectivity index (χ1) is 9.53. The highest BCUT2D eigenvalue weighted by molar-refractivity contribution is 9.11. The van der Waals surface area contributed by atoms with Crippen LogP contribution < -0.4 is 4.74 Å². The second-order valence-corrected chi connectivity index (χ2v) is 5.91. The SMILES string of the molecule is N#CC(C#N)C1c2cc(Br)cc(Br)c2OC(=N)C1C#N. The number of nitrogens with one attached hydrogen (secondary N) is 1. The summed E-state index contributed by atoms with van der Waals surface area (Å²) in [6.07, 6.45) is 0. The second kappa shape index (κ2) is 5.63. The van der Waals surface area contributed by atoms with Gasteiger partial charge in [-0.15, -0.1) is 0 Å². The molecule has 1 aliphatic rings. The van der Waals surface area contributed by atoms with E-state index in [1.54, 1.807) is 12.1 Å². The predicted octanol–water partition coefficient (Wildman–Crippen LogP) is 3.47. The van der Waals surface area contributed by atoms with E-state index in [1.807, 2.05) is 18.2 Å². The maximum atomic E-state index is 9.22. The van der Waals surface area contributed by atoms with Crippen molar-refractivity contribution in [3.05, 3.63) is 26.6 Å². The molecule has 0 radical (unpaired) electrons. The molecule has 2 unspecified atom stereocenters. The lowest BCUT2D eigenvalue weighted by Gasteiger charge is -2.31. The molecule has 7 heteroatoms. The van der Waals surface area contributed by atoms with Crippen LogP contribution in [0.2, 0.25) is 0 Å². The maximum absolute atomic E-state index is 9.22. The van der Waals surface area contributed by atoms with Crippen molar-refractivity contribution in [1.29, 1.82) is 21.2 Å². The van der Waals surface area contributed by atoms with Gasteiger partial charge in [-0.3, -0.25) is 5.41 Å². The van der Waals surface area contributed by atoms with Crippen molar-refractivity contribution >= 4 is 37.8 Å². The summed E-state index contributed by atoms with van der Waals surface area (Å²) in [4.78, 5) is 0. The summed E-state index contributed by atoms with van der Waals surface area (Å²) < 4.78 is 6.70. The van der Waals surface area contributed by atoms with Crippen molar-refractivity contribution < 1.29 is 4.74 Å². The molecule has 0 saturated heterocycles. The molecule has 0 saturated carbocycles. The summed E-state index contributed by atoms with van der Waals surface area (Å²) >= 11 is 6.65. The third-order valence-electron chi connectivity index (χ3n) is 3.03. The van der Waals surface area contributed by atoms with Crippen LogP contribution in [0.25, 0.3) is 0 Å². The van der Waals surface area contributed by atoms with Crippen LogP contribution in [-0.2, 0) is 0 Å². The highest BCUT2D eigenvalue weighted by Gasteiger charge is 2.42. The first-order valence-electron chi connectivity index (χ1n) is 5.47. The van der Waals surface area contributed by atoms with E-state index < -0.39 is 17.8 Å². The highest BCUT2D eigenvalue weighted by atomic mass is 79.9. The van der Waals surface area contributed by atoms with Crippen molar-refractivity contribution in [2.45, 2.75) is 5.92 Å². The van der Waals surface area contributed by atoms with E-state index in [0.717, 1.165) is 4.47 Å². The number of fused-ring (bicyclic) bond motifs is 1. The Balaban J connectivity index is 2.71. The van der Waals surface area contributed by atoms with Crippen LogP contribution in [0.5, 0.6) is 5.75 Å². The normalized spacial score (nSPS) is 20.3. The number of rotatable bonds is 1. The van der Waals surface area contributed by atoms with Gasteiger partial charge in [-0.25, -0.2) is 0 Å². The van der Waals surface area contributed by atoms with Gasteiger partial charge in [0.05, 0.1) is 22.7 Å². The van der Waals surface area contributed by atoms with E-state index in [0.29, 0.717) is 15.8 Å². The Morgan fingerprint density at radius 1 is 1.20 bits per heavy atom. The van der Waals surface area contributed by atoms with Gasteiger partial charge in [0.2, 0.25) is 5.90 Å². The molecule has 1 aliphatic heterocycles. The molecule has 1 aromatic carbocycles. The van der Waals surface area contributed by atoms with Crippen LogP contribution in [0.3, 0.4) is 0 Å². The number of halogens is 2. The van der Waals surface area contributed by atoms with Gasteiger partial charge in [0.25, 0.3) is 0 Å². The lowest BCUT2D eigenvalue weighted by molar-refractivity contribution is 0.407. The summed E-state index contributed by atoms with van der Waals surface area (Å²) in [6.45, 7) is 0. The van der Waals surface area contributed by atoms with Crippen molar-refractivity contribution in [2.24, 2.45) is 11.8 Å². The average Bonchev–Trinajstić information content (AvgIpc) is 2.41. The van der Waals surface area contributed by atoms with Crippen LogP contribution in [0.15, 0.2) is 21.1 Å². The van der Waals surface area contributed by atoms with Crippen LogP contribution in [0.4, 0.5) is 0 Å². The minimum Gasteiger partial charge on any atom is -0.441 e. The van der Waals surface area contributed by atoms with E-state index in [1.165, 1.54) is 0 Å². The molecule has 20 heavy (non-hydrogen) atoms. The van der Waals surface area contributed by atoms with Gasteiger partial charge in [0.15, 0.2) is 0 Å². The van der Waals surface area contributed by atoms with Crippen molar-refractivity contribution in [3.63, 3.8) is 0 Å². The zero-order valence-electron chi connectivity index (χ0n) is 9.89. The Morgan fingerprint density at radius 3 is 2.40 bits per heavy atom. The summed E-state index contributed by atoms with van der Waals surface area (Å²) in [7, 11) is 0. The van der Waals surface area contributed by atoms with E-state index in [9.17, 15) is 5.26 Å². The zero-order chi connectivity index (χ0) is 14.9. The van der Waals surface area contributed by atoms with E-state index >= 15 is 0 Å². The number of nitriles is 3. The Hall–Kier alpha value is -1.88. The van der Waals surface area contributed by atoms with Gasteiger partial charge in [-0.2, -0.15) is 15.8 Å². The maximum Gasteiger partial charge on any atom is 0.205 e. The standard InChI is InChI=1S/C13H6Br2N4O/c14-7-1-8-11(6(3-16)4-17)9(5-18)13(19)20-12(8)10(15)2-7/h1-2,6,9,11,19H. The molecule has 1 N–H and O–H groups in total. The van der Waals surface area contributed by atoms with Crippen molar-refractivity contribution in [2.75, 3.05) is 0 Å². The largest absolute Gasteiger partial charge is 0.441 e. The van der Waals surface area contributed by atoms with Gasteiger partial charge >= 0.3 is 0 Å². The average molecular weight is 394 g/mol. The summed E-state index contributed by atoms with van der Waals surface area (Å²) in [5.41, 5.74) is 0.571. The van der Waals surface area contributed by atoms with Crippen molar-refractivity contribution in [3.8, 4) is 24.0 Å². The molecule has 0 amide bonds. The monoisotopic (exact) mass is 392 g/mol. The lowest BCUT2D eigenvalue weighted by atomic mass is 9.76. The Labute approximate surface area is 132 Å². The van der Waals surface area contributed by atoms with Crippen LogP contribution in [0.1, 0.15) is 11.5 Å². The van der Waals surface area contributed by atoms with Gasteiger partial charge < -0.3 is 4.74 Å². The molecule has 5 nitrogen and oxygen atoms in total. The molecule has 0 spiro atoms. The Bertz CT molecular complexity index is 697. The molecule has 1 heterocycles. The molecule has 98 valence electrons. The molecule has 1 aromatic rings. The minimum atomic E-state index is -1.02. The molecule has 0 fully saturated rings. The van der Waals surface area contributed by atoms with Gasteiger partial charge in [-0.1, -0.05) is 15.9 Å². The number of hydrogen-bond acceptors (Lipinski definition) is 5. The van der Waals surface area contributed by atoms with Crippen LogP contribution in [-0.4, -0.2) is 5.90 Å². The minimum absolute atomic E-state index is 0.247. The fraction of sp³-hybridized carbons (Fsp3) is 0.231. The van der Waals surface area contributed by atoms with E-state index in [4.69, 9.17) is 20.7 Å². The van der Waals surface area contributed by atoms with Gasteiger partial charge in [0.1, 0.15) is 17.6 Å². The van der Waals surface area contributed by atoms with Crippen LogP contribution in [0, 0.1) is 51.2 Å². The molecule has 2 rings (SSSR count). The van der Waals surface area contributed by atoms with Crippen LogP contribution >= 0.6 is 31.9 Å². The number of hydrogen-bond donors (Lipinski definition) is 1. The Morgan fingerprint density at radius 2 is 1.85 bits per heavy atom. The fourth-order valence-electron chi connectivity index (χ4n) is 2.15. The predicted molar refractivity (Wildman–Crippen MR) is 76.8 cm³/mol. The summed E-state index contributed by atoms with van der Waals surface area (Å²) in [5.74, 6) is -2.55. The number of ether oxygens (including phenoxy) is 1. The molecule has 0 aromatic heterocycles. The zero-order valence-corrected chi connectivity index (χ0v) is 13.1. The molecule has 2 atom stereocenters. The van der Waals surface area contributed by atoms with Gasteiger partial charge in [-0.05, 0) is 28.1 Å². The van der Waals surface area contributed by atoms with E-state index in [-0.39, 0.29) is 5.90 Å². The third kappa shape index (κ3) is 2.29. The fourth-order valence-corrected chi connectivity index (χ4v) is 3.49. The third-order valence-corrected chi connectivity index (χ3v) is 4.07. The molecule has 0 aliphatic carbocycles. The Kier molecular flexibility index (Phi) is 4.09. The number of nitrogens with zero attached hydrogens (tertiary/aromatic N) is 3. The smallest absolute Gasteiger partial charge is 0.205 e. The van der Waals surface area contributed by atoms with Gasteiger partial charge in [0, 0.05) is 16.0 Å². The first kappa shape index (κ1) is 14.5. The number of benzene rings is 1.